The molecular weight excluding hydrogens is 419 g/mol. The van der Waals surface area contributed by atoms with Gasteiger partial charge in [0.25, 0.3) is 0 Å². The summed E-state index contributed by atoms with van der Waals surface area (Å²) in [6, 6.07) is 12.5. The molecule has 0 heterocycles. The number of carbonyl (C=O) groups is 2. The number of carbonyl (C=O) groups excluding carboxylic acids is 2. The molecule has 0 spiro atoms. The highest BCUT2D eigenvalue weighted by atomic mass is 35.5. The molecular formula is C24H30Cl2N2O2. The minimum Gasteiger partial charge on any atom is -0.350 e. The van der Waals surface area contributed by atoms with Gasteiger partial charge in [-0.1, -0.05) is 66.0 Å². The van der Waals surface area contributed by atoms with E-state index in [9.17, 15) is 9.59 Å². The minimum absolute atomic E-state index is 0.109. The van der Waals surface area contributed by atoms with Crippen molar-refractivity contribution in [1.82, 2.24) is 10.2 Å². The molecule has 2 aromatic carbocycles. The Kier molecular flexibility index (Phi) is 8.34. The van der Waals surface area contributed by atoms with E-state index in [-0.39, 0.29) is 30.3 Å². The lowest BCUT2D eigenvalue weighted by molar-refractivity contribution is -0.141. The predicted molar refractivity (Wildman–Crippen MR) is 124 cm³/mol. The van der Waals surface area contributed by atoms with E-state index < -0.39 is 6.04 Å². The lowest BCUT2D eigenvalue weighted by Gasteiger charge is -2.33. The third-order valence-corrected chi connectivity index (χ3v) is 5.40. The van der Waals surface area contributed by atoms with Crippen molar-refractivity contribution in [1.29, 1.82) is 0 Å². The van der Waals surface area contributed by atoms with Crippen molar-refractivity contribution in [3.63, 3.8) is 0 Å². The normalized spacial score (nSPS) is 12.4. The van der Waals surface area contributed by atoms with Crippen molar-refractivity contribution in [2.75, 3.05) is 0 Å². The average molecular weight is 449 g/mol. The monoisotopic (exact) mass is 448 g/mol. The fourth-order valence-corrected chi connectivity index (χ4v) is 3.63. The number of nitrogens with zero attached hydrogens (tertiary/aromatic N) is 1. The van der Waals surface area contributed by atoms with Crippen LogP contribution in [0, 0.1) is 6.92 Å². The summed E-state index contributed by atoms with van der Waals surface area (Å²) in [5, 5.41) is 3.88. The Bertz CT molecular complexity index is 906. The average Bonchev–Trinajstić information content (AvgIpc) is 2.63. The maximum Gasteiger partial charge on any atom is 0.243 e. The second kappa shape index (κ2) is 10.3. The van der Waals surface area contributed by atoms with Crippen LogP contribution in [0.1, 0.15) is 50.8 Å². The number of benzene rings is 2. The number of nitrogens with one attached hydrogen (secondary N) is 1. The molecule has 0 aliphatic heterocycles. The SMILES string of the molecule is CC[C@H](C(=O)NC(C)(C)C)N(Cc1ccc(Cl)c(Cl)c1)C(=O)Cc1cccc(C)c1. The molecule has 0 aliphatic rings. The van der Waals surface area contributed by atoms with E-state index in [0.717, 1.165) is 16.7 Å². The highest BCUT2D eigenvalue weighted by molar-refractivity contribution is 6.42. The van der Waals surface area contributed by atoms with Crippen LogP contribution in [0.4, 0.5) is 0 Å². The van der Waals surface area contributed by atoms with Gasteiger partial charge in [-0.15, -0.1) is 0 Å². The molecule has 0 fully saturated rings. The maximum absolute atomic E-state index is 13.3. The summed E-state index contributed by atoms with van der Waals surface area (Å²) in [6.45, 7) is 9.96. The van der Waals surface area contributed by atoms with E-state index in [1.165, 1.54) is 0 Å². The van der Waals surface area contributed by atoms with Gasteiger partial charge in [0.05, 0.1) is 16.5 Å². The third kappa shape index (κ3) is 7.03. The fourth-order valence-electron chi connectivity index (χ4n) is 3.31. The van der Waals surface area contributed by atoms with Gasteiger partial charge in [0.2, 0.25) is 11.8 Å². The molecule has 0 saturated heterocycles. The summed E-state index contributed by atoms with van der Waals surface area (Å²) in [7, 11) is 0. The van der Waals surface area contributed by atoms with Crippen molar-refractivity contribution in [3.05, 3.63) is 69.2 Å². The predicted octanol–water partition coefficient (Wildman–Crippen LogP) is 5.57. The highest BCUT2D eigenvalue weighted by Crippen LogP contribution is 2.24. The minimum atomic E-state index is -0.587. The molecule has 2 aromatic rings. The topological polar surface area (TPSA) is 49.4 Å². The summed E-state index contributed by atoms with van der Waals surface area (Å²) >= 11 is 12.2. The Labute approximate surface area is 189 Å². The summed E-state index contributed by atoms with van der Waals surface area (Å²) in [4.78, 5) is 28.0. The number of aryl methyl sites for hydroxylation is 1. The van der Waals surface area contributed by atoms with Crippen molar-refractivity contribution in [3.8, 4) is 0 Å². The first-order chi connectivity index (χ1) is 14.0. The first-order valence-corrected chi connectivity index (χ1v) is 10.9. The number of amides is 2. The van der Waals surface area contributed by atoms with Crippen LogP contribution in [0.5, 0.6) is 0 Å². The van der Waals surface area contributed by atoms with Crippen molar-refractivity contribution in [2.24, 2.45) is 0 Å². The molecule has 0 radical (unpaired) electrons. The summed E-state index contributed by atoms with van der Waals surface area (Å²) in [6.07, 6.45) is 0.727. The standard InChI is InChI=1S/C24H30Cl2N2O2/c1-6-21(23(30)27-24(3,4)5)28(15-18-10-11-19(25)20(26)13-18)22(29)14-17-9-7-8-16(2)12-17/h7-13,21H,6,14-15H2,1-5H3,(H,27,30)/t21-/m1/s1. The van der Waals surface area contributed by atoms with E-state index in [1.54, 1.807) is 17.0 Å². The van der Waals surface area contributed by atoms with E-state index in [1.807, 2.05) is 65.0 Å². The van der Waals surface area contributed by atoms with Gasteiger partial charge in [-0.25, -0.2) is 0 Å². The summed E-state index contributed by atoms with van der Waals surface area (Å²) < 4.78 is 0. The Morgan fingerprint density at radius 3 is 2.30 bits per heavy atom. The molecule has 0 aliphatic carbocycles. The molecule has 162 valence electrons. The second-order valence-corrected chi connectivity index (χ2v) is 9.41. The molecule has 2 rings (SSSR count). The van der Waals surface area contributed by atoms with Crippen LogP contribution in [-0.4, -0.2) is 28.3 Å². The largest absolute Gasteiger partial charge is 0.350 e. The Morgan fingerprint density at radius 1 is 1.03 bits per heavy atom. The Morgan fingerprint density at radius 2 is 1.73 bits per heavy atom. The first kappa shape index (κ1) is 24.2. The zero-order chi connectivity index (χ0) is 22.5. The first-order valence-electron chi connectivity index (χ1n) is 10.1. The van der Waals surface area contributed by atoms with Gasteiger partial charge in [-0.3, -0.25) is 9.59 Å². The van der Waals surface area contributed by atoms with Crippen molar-refractivity contribution in [2.45, 2.75) is 65.6 Å². The lowest BCUT2D eigenvalue weighted by atomic mass is 10.0. The zero-order valence-corrected chi connectivity index (χ0v) is 19.8. The van der Waals surface area contributed by atoms with E-state index in [0.29, 0.717) is 16.5 Å². The van der Waals surface area contributed by atoms with Crippen LogP contribution in [0.2, 0.25) is 10.0 Å². The molecule has 1 N–H and O–H groups in total. The molecule has 2 amide bonds. The second-order valence-electron chi connectivity index (χ2n) is 8.60. The highest BCUT2D eigenvalue weighted by Gasteiger charge is 2.30. The molecule has 30 heavy (non-hydrogen) atoms. The fraction of sp³-hybridized carbons (Fsp3) is 0.417. The van der Waals surface area contributed by atoms with Gasteiger partial charge in [0, 0.05) is 12.1 Å². The van der Waals surface area contributed by atoms with Gasteiger partial charge in [-0.2, -0.15) is 0 Å². The van der Waals surface area contributed by atoms with Crippen molar-refractivity contribution >= 4 is 35.0 Å². The molecule has 1 atom stereocenters. The zero-order valence-electron chi connectivity index (χ0n) is 18.3. The van der Waals surface area contributed by atoms with Crippen LogP contribution in [0.3, 0.4) is 0 Å². The van der Waals surface area contributed by atoms with E-state index in [4.69, 9.17) is 23.2 Å². The van der Waals surface area contributed by atoms with Crippen LogP contribution in [-0.2, 0) is 22.6 Å². The number of rotatable bonds is 7. The van der Waals surface area contributed by atoms with Crippen LogP contribution in [0.25, 0.3) is 0 Å². The van der Waals surface area contributed by atoms with Gasteiger partial charge in [0.1, 0.15) is 6.04 Å². The maximum atomic E-state index is 13.3. The van der Waals surface area contributed by atoms with Crippen molar-refractivity contribution < 1.29 is 9.59 Å². The third-order valence-electron chi connectivity index (χ3n) is 4.66. The smallest absolute Gasteiger partial charge is 0.243 e. The van der Waals surface area contributed by atoms with E-state index >= 15 is 0 Å². The number of halogens is 2. The molecule has 6 heteroatoms. The number of hydrogen-bond acceptors (Lipinski definition) is 2. The Balaban J connectivity index is 2.35. The van der Waals surface area contributed by atoms with E-state index in [2.05, 4.69) is 5.32 Å². The molecule has 0 unspecified atom stereocenters. The molecule has 0 saturated carbocycles. The van der Waals surface area contributed by atoms with Gasteiger partial charge >= 0.3 is 0 Å². The van der Waals surface area contributed by atoms with Gasteiger partial charge in [-0.05, 0) is 57.4 Å². The summed E-state index contributed by atoms with van der Waals surface area (Å²) in [5.41, 5.74) is 2.45. The van der Waals surface area contributed by atoms with Crippen LogP contribution >= 0.6 is 23.2 Å². The quantitative estimate of drug-likeness (QED) is 0.601. The van der Waals surface area contributed by atoms with Gasteiger partial charge < -0.3 is 10.2 Å². The molecule has 4 nitrogen and oxygen atoms in total. The summed E-state index contributed by atoms with van der Waals surface area (Å²) in [5.74, 6) is -0.273. The van der Waals surface area contributed by atoms with Crippen LogP contribution < -0.4 is 5.32 Å². The molecule has 0 aromatic heterocycles. The lowest BCUT2D eigenvalue weighted by Crippen LogP contribution is -2.53. The van der Waals surface area contributed by atoms with Crippen LogP contribution in [0.15, 0.2) is 42.5 Å². The Hall–Kier alpha value is -2.04. The number of hydrogen-bond donors (Lipinski definition) is 1. The molecule has 0 bridgehead atoms. The van der Waals surface area contributed by atoms with Gasteiger partial charge in [0.15, 0.2) is 0 Å².